The quantitative estimate of drug-likeness (QED) is 0.741. The summed E-state index contributed by atoms with van der Waals surface area (Å²) in [4.78, 5) is 1.21. The highest BCUT2D eigenvalue weighted by molar-refractivity contribution is 7.13. The lowest BCUT2D eigenvalue weighted by atomic mass is 10.2. The highest BCUT2D eigenvalue weighted by Gasteiger charge is 2.16. The van der Waals surface area contributed by atoms with Crippen LogP contribution in [0.5, 0.6) is 0 Å². The van der Waals surface area contributed by atoms with Crippen LogP contribution in [0.15, 0.2) is 54.0 Å². The van der Waals surface area contributed by atoms with Gasteiger partial charge in [0.2, 0.25) is 0 Å². The molecule has 0 amide bonds. The molecule has 4 nitrogen and oxygen atoms in total. The number of aromatic nitrogens is 2. The number of rotatable bonds is 6. The Kier molecular flexibility index (Phi) is 4.74. The lowest BCUT2D eigenvalue weighted by Crippen LogP contribution is -2.25. The molecule has 1 aliphatic heterocycles. The van der Waals surface area contributed by atoms with Crippen LogP contribution in [0.3, 0.4) is 0 Å². The van der Waals surface area contributed by atoms with E-state index in [-0.39, 0.29) is 0 Å². The number of thiophene rings is 1. The molecule has 5 heteroatoms. The fourth-order valence-electron chi connectivity index (χ4n) is 3.05. The fourth-order valence-corrected chi connectivity index (χ4v) is 3.79. The van der Waals surface area contributed by atoms with Crippen molar-refractivity contribution in [3.05, 3.63) is 59.6 Å². The Hall–Kier alpha value is -1.95. The normalized spacial score (nSPS) is 17.4. The van der Waals surface area contributed by atoms with Crippen LogP contribution in [0.4, 0.5) is 0 Å². The number of para-hydroxylation sites is 1. The van der Waals surface area contributed by atoms with E-state index >= 15 is 0 Å². The minimum atomic E-state index is 0.361. The van der Waals surface area contributed by atoms with E-state index in [0.717, 1.165) is 37.5 Å². The van der Waals surface area contributed by atoms with Crippen molar-refractivity contribution in [3.8, 4) is 16.3 Å². The van der Waals surface area contributed by atoms with Crippen molar-refractivity contribution in [1.29, 1.82) is 0 Å². The van der Waals surface area contributed by atoms with Crippen LogP contribution in [0.2, 0.25) is 0 Å². The molecule has 124 valence electrons. The maximum absolute atomic E-state index is 5.69. The SMILES string of the molecule is c1ccc(-n2cc(CNCC3CCCO3)c(-c3cccs3)n2)cc1. The molecule has 0 radical (unpaired) electrons. The molecule has 3 heterocycles. The van der Waals surface area contributed by atoms with Crippen LogP contribution in [-0.4, -0.2) is 29.0 Å². The van der Waals surface area contributed by atoms with Crippen molar-refractivity contribution in [2.45, 2.75) is 25.5 Å². The van der Waals surface area contributed by atoms with Gasteiger partial charge >= 0.3 is 0 Å². The van der Waals surface area contributed by atoms with Gasteiger partial charge in [0.1, 0.15) is 5.69 Å². The second kappa shape index (κ2) is 7.30. The van der Waals surface area contributed by atoms with Crippen LogP contribution in [0.25, 0.3) is 16.3 Å². The van der Waals surface area contributed by atoms with Gasteiger partial charge in [-0.05, 0) is 36.4 Å². The third-order valence-electron chi connectivity index (χ3n) is 4.28. The average molecular weight is 339 g/mol. The zero-order valence-electron chi connectivity index (χ0n) is 13.5. The molecule has 4 rings (SSSR count). The highest BCUT2D eigenvalue weighted by Crippen LogP contribution is 2.27. The van der Waals surface area contributed by atoms with Gasteiger partial charge in [0.25, 0.3) is 0 Å². The first kappa shape index (κ1) is 15.6. The topological polar surface area (TPSA) is 39.1 Å². The van der Waals surface area contributed by atoms with E-state index < -0.39 is 0 Å². The third-order valence-corrected chi connectivity index (χ3v) is 5.15. The Labute approximate surface area is 146 Å². The number of hydrogen-bond donors (Lipinski definition) is 1. The number of nitrogens with one attached hydrogen (secondary N) is 1. The van der Waals surface area contributed by atoms with E-state index in [4.69, 9.17) is 9.84 Å². The molecule has 1 aromatic carbocycles. The van der Waals surface area contributed by atoms with Crippen molar-refractivity contribution in [2.24, 2.45) is 0 Å². The Balaban J connectivity index is 1.55. The van der Waals surface area contributed by atoms with E-state index in [1.54, 1.807) is 11.3 Å². The molecule has 1 N–H and O–H groups in total. The van der Waals surface area contributed by atoms with Gasteiger partial charge in [-0.25, -0.2) is 4.68 Å². The maximum atomic E-state index is 5.69. The lowest BCUT2D eigenvalue weighted by molar-refractivity contribution is 0.110. The smallest absolute Gasteiger partial charge is 0.107 e. The van der Waals surface area contributed by atoms with Gasteiger partial charge < -0.3 is 10.1 Å². The van der Waals surface area contributed by atoms with Gasteiger partial charge in [0.15, 0.2) is 0 Å². The molecule has 1 atom stereocenters. The summed E-state index contributed by atoms with van der Waals surface area (Å²) < 4.78 is 7.66. The monoisotopic (exact) mass is 339 g/mol. The van der Waals surface area contributed by atoms with Gasteiger partial charge in [0, 0.05) is 31.5 Å². The molecule has 24 heavy (non-hydrogen) atoms. The molecule has 1 saturated heterocycles. The second-order valence-electron chi connectivity index (χ2n) is 6.03. The summed E-state index contributed by atoms with van der Waals surface area (Å²) >= 11 is 1.73. The average Bonchev–Trinajstić information content (AvgIpc) is 3.37. The van der Waals surface area contributed by atoms with Crippen molar-refractivity contribution in [1.82, 2.24) is 15.1 Å². The van der Waals surface area contributed by atoms with Crippen molar-refractivity contribution in [3.63, 3.8) is 0 Å². The van der Waals surface area contributed by atoms with E-state index in [0.29, 0.717) is 6.10 Å². The molecule has 1 aliphatic rings. The first-order valence-electron chi connectivity index (χ1n) is 8.40. The van der Waals surface area contributed by atoms with Crippen LogP contribution in [0, 0.1) is 0 Å². The minimum Gasteiger partial charge on any atom is -0.377 e. The molecule has 0 spiro atoms. The van der Waals surface area contributed by atoms with Crippen LogP contribution < -0.4 is 5.32 Å². The number of ether oxygens (including phenoxy) is 1. The van der Waals surface area contributed by atoms with Crippen molar-refractivity contribution >= 4 is 11.3 Å². The molecule has 1 fully saturated rings. The highest BCUT2D eigenvalue weighted by atomic mass is 32.1. The summed E-state index contributed by atoms with van der Waals surface area (Å²) in [5.74, 6) is 0. The molecular weight excluding hydrogens is 318 g/mol. The summed E-state index contributed by atoms with van der Waals surface area (Å²) in [7, 11) is 0. The summed E-state index contributed by atoms with van der Waals surface area (Å²) in [6.07, 6.45) is 4.83. The van der Waals surface area contributed by atoms with Gasteiger partial charge in [-0.15, -0.1) is 11.3 Å². The van der Waals surface area contributed by atoms with Gasteiger partial charge in [0.05, 0.1) is 16.7 Å². The number of hydrogen-bond acceptors (Lipinski definition) is 4. The van der Waals surface area contributed by atoms with Gasteiger partial charge in [-0.1, -0.05) is 24.3 Å². The second-order valence-corrected chi connectivity index (χ2v) is 6.97. The van der Waals surface area contributed by atoms with Gasteiger partial charge in [-0.2, -0.15) is 5.10 Å². The van der Waals surface area contributed by atoms with Crippen molar-refractivity contribution < 1.29 is 4.74 Å². The Morgan fingerprint density at radius 3 is 2.88 bits per heavy atom. The Bertz CT molecular complexity index is 761. The number of benzene rings is 1. The fraction of sp³-hybridized carbons (Fsp3) is 0.316. The first-order chi connectivity index (χ1) is 11.9. The van der Waals surface area contributed by atoms with E-state index in [9.17, 15) is 0 Å². The molecule has 0 saturated carbocycles. The molecule has 1 unspecified atom stereocenters. The van der Waals surface area contributed by atoms with Crippen molar-refractivity contribution in [2.75, 3.05) is 13.2 Å². The maximum Gasteiger partial charge on any atom is 0.107 e. The molecule has 0 bridgehead atoms. The van der Waals surface area contributed by atoms with Crippen LogP contribution >= 0.6 is 11.3 Å². The molecular formula is C19H21N3OS. The zero-order chi connectivity index (χ0) is 16.2. The Morgan fingerprint density at radius 2 is 2.12 bits per heavy atom. The predicted molar refractivity (Wildman–Crippen MR) is 97.6 cm³/mol. The van der Waals surface area contributed by atoms with Crippen LogP contribution in [0.1, 0.15) is 18.4 Å². The third kappa shape index (κ3) is 3.43. The molecule has 3 aromatic rings. The summed E-state index contributed by atoms with van der Waals surface area (Å²) in [6.45, 7) is 2.61. The summed E-state index contributed by atoms with van der Waals surface area (Å²) in [6, 6.07) is 14.5. The zero-order valence-corrected chi connectivity index (χ0v) is 14.3. The lowest BCUT2D eigenvalue weighted by Gasteiger charge is -2.10. The van der Waals surface area contributed by atoms with E-state index in [1.807, 2.05) is 22.9 Å². The molecule has 2 aromatic heterocycles. The number of nitrogens with zero attached hydrogens (tertiary/aromatic N) is 2. The van der Waals surface area contributed by atoms with Gasteiger partial charge in [-0.3, -0.25) is 0 Å². The Morgan fingerprint density at radius 1 is 1.21 bits per heavy atom. The molecule has 0 aliphatic carbocycles. The van der Waals surface area contributed by atoms with Crippen LogP contribution in [-0.2, 0) is 11.3 Å². The minimum absolute atomic E-state index is 0.361. The summed E-state index contributed by atoms with van der Waals surface area (Å²) in [5.41, 5.74) is 3.37. The van der Waals surface area contributed by atoms with E-state index in [1.165, 1.54) is 16.9 Å². The predicted octanol–water partition coefficient (Wildman–Crippen LogP) is 3.87. The van der Waals surface area contributed by atoms with E-state index in [2.05, 4.69) is 41.2 Å². The summed E-state index contributed by atoms with van der Waals surface area (Å²) in [5, 5.41) is 10.5. The first-order valence-corrected chi connectivity index (χ1v) is 9.28. The standard InChI is InChI=1S/C19H21N3OS/c1-2-6-16(7-3-1)22-14-15(12-20-13-17-8-4-10-23-17)19(21-22)18-9-5-11-24-18/h1-3,5-7,9,11,14,17,20H,4,8,10,12-13H2. The largest absolute Gasteiger partial charge is 0.377 e.